The van der Waals surface area contributed by atoms with Crippen LogP contribution >= 0.6 is 0 Å². The Morgan fingerprint density at radius 2 is 2.06 bits per heavy atom. The fourth-order valence-electron chi connectivity index (χ4n) is 1.78. The van der Waals surface area contributed by atoms with Crippen LogP contribution in [0.15, 0.2) is 18.3 Å². The van der Waals surface area contributed by atoms with E-state index in [0.717, 1.165) is 29.4 Å². The van der Waals surface area contributed by atoms with Crippen molar-refractivity contribution < 1.29 is 0 Å². The fraction of sp³-hybridized carbons (Fsp3) is 0.385. The average Bonchev–Trinajstić information content (AvgIpc) is 2.67. The summed E-state index contributed by atoms with van der Waals surface area (Å²) in [6, 6.07) is 4.03. The van der Waals surface area contributed by atoms with Crippen molar-refractivity contribution >= 4 is 11.5 Å². The Labute approximate surface area is 107 Å². The highest BCUT2D eigenvalue weighted by Gasteiger charge is 2.05. The summed E-state index contributed by atoms with van der Waals surface area (Å²) in [5.74, 6) is 0.955. The van der Waals surface area contributed by atoms with E-state index in [1.54, 1.807) is 0 Å². The van der Waals surface area contributed by atoms with E-state index in [2.05, 4.69) is 20.5 Å². The number of aromatic amines is 1. The Morgan fingerprint density at radius 3 is 2.56 bits per heavy atom. The molecule has 0 radical (unpaired) electrons. The maximum atomic E-state index is 4.36. The molecule has 0 aliphatic rings. The lowest BCUT2D eigenvalue weighted by Crippen LogP contribution is -2.10. The number of rotatable bonds is 4. The summed E-state index contributed by atoms with van der Waals surface area (Å²) in [7, 11) is 3.96. The summed E-state index contributed by atoms with van der Waals surface area (Å²) in [6.07, 6.45) is 1.85. The Balaban J connectivity index is 2.02. The molecule has 0 aromatic carbocycles. The van der Waals surface area contributed by atoms with Crippen LogP contribution < -0.4 is 10.2 Å². The highest BCUT2D eigenvalue weighted by atomic mass is 15.1. The van der Waals surface area contributed by atoms with Gasteiger partial charge in [0.25, 0.3) is 0 Å². The van der Waals surface area contributed by atoms with Crippen LogP contribution in [-0.2, 0) is 6.54 Å². The number of nitrogens with zero attached hydrogens (tertiary/aromatic N) is 3. The van der Waals surface area contributed by atoms with Gasteiger partial charge in [-0.15, -0.1) is 0 Å². The molecule has 5 nitrogen and oxygen atoms in total. The number of hydrogen-bond donors (Lipinski definition) is 2. The van der Waals surface area contributed by atoms with Gasteiger partial charge in [0.1, 0.15) is 5.82 Å². The maximum absolute atomic E-state index is 4.36. The van der Waals surface area contributed by atoms with Gasteiger partial charge < -0.3 is 10.2 Å². The topological polar surface area (TPSA) is 56.8 Å². The number of H-pyrrole nitrogens is 1. The third-order valence-electron chi connectivity index (χ3n) is 2.96. The molecule has 0 bridgehead atoms. The molecule has 0 atom stereocenters. The predicted molar refractivity (Wildman–Crippen MR) is 74.0 cm³/mol. The van der Waals surface area contributed by atoms with Gasteiger partial charge in [-0.25, -0.2) is 4.98 Å². The van der Waals surface area contributed by atoms with Crippen LogP contribution in [0, 0.1) is 13.8 Å². The largest absolute Gasteiger partial charge is 0.380 e. The fourth-order valence-corrected chi connectivity index (χ4v) is 1.78. The molecule has 0 amide bonds. The van der Waals surface area contributed by atoms with E-state index in [1.807, 2.05) is 51.2 Å². The summed E-state index contributed by atoms with van der Waals surface area (Å²) in [5, 5.41) is 10.5. The lowest BCUT2D eigenvalue weighted by Gasteiger charge is -2.12. The SMILES string of the molecule is Cc1n[nH]c(C)c1CNc1ccc(N(C)C)nc1. The number of aryl methyl sites for hydroxylation is 2. The number of aromatic nitrogens is 3. The maximum Gasteiger partial charge on any atom is 0.128 e. The molecule has 0 unspecified atom stereocenters. The Bertz CT molecular complexity index is 493. The minimum atomic E-state index is 0.761. The molecule has 0 fully saturated rings. The zero-order valence-corrected chi connectivity index (χ0v) is 11.3. The first kappa shape index (κ1) is 12.4. The minimum absolute atomic E-state index is 0.761. The lowest BCUT2D eigenvalue weighted by atomic mass is 10.2. The van der Waals surface area contributed by atoms with Gasteiger partial charge in [0.05, 0.1) is 17.6 Å². The molecule has 0 saturated carbocycles. The van der Waals surface area contributed by atoms with Gasteiger partial charge in [0.15, 0.2) is 0 Å². The van der Waals surface area contributed by atoms with Gasteiger partial charge >= 0.3 is 0 Å². The van der Waals surface area contributed by atoms with Crippen LogP contribution in [0.25, 0.3) is 0 Å². The summed E-state index contributed by atoms with van der Waals surface area (Å²) in [6.45, 7) is 4.80. The monoisotopic (exact) mass is 245 g/mol. The summed E-state index contributed by atoms with van der Waals surface area (Å²) in [4.78, 5) is 6.34. The van der Waals surface area contributed by atoms with Crippen molar-refractivity contribution in [1.82, 2.24) is 15.2 Å². The van der Waals surface area contributed by atoms with Crippen molar-refractivity contribution in [1.29, 1.82) is 0 Å². The summed E-state index contributed by atoms with van der Waals surface area (Å²) in [5.41, 5.74) is 4.38. The molecule has 0 aliphatic carbocycles. The van der Waals surface area contributed by atoms with Crippen molar-refractivity contribution in [3.05, 3.63) is 35.3 Å². The molecular formula is C13H19N5. The predicted octanol–water partition coefficient (Wildman–Crippen LogP) is 2.10. The minimum Gasteiger partial charge on any atom is -0.380 e. The van der Waals surface area contributed by atoms with Crippen LogP contribution in [0.5, 0.6) is 0 Å². The third-order valence-corrected chi connectivity index (χ3v) is 2.96. The van der Waals surface area contributed by atoms with E-state index in [9.17, 15) is 0 Å². The number of nitrogens with one attached hydrogen (secondary N) is 2. The van der Waals surface area contributed by atoms with E-state index in [0.29, 0.717) is 0 Å². The van der Waals surface area contributed by atoms with Crippen molar-refractivity contribution in [3.8, 4) is 0 Å². The molecule has 2 heterocycles. The van der Waals surface area contributed by atoms with Crippen LogP contribution in [0.2, 0.25) is 0 Å². The van der Waals surface area contributed by atoms with Gasteiger partial charge in [-0.05, 0) is 26.0 Å². The van der Waals surface area contributed by atoms with E-state index in [1.165, 1.54) is 5.56 Å². The van der Waals surface area contributed by atoms with Crippen LogP contribution in [0.4, 0.5) is 11.5 Å². The van der Waals surface area contributed by atoms with E-state index >= 15 is 0 Å². The number of hydrogen-bond acceptors (Lipinski definition) is 4. The second-order valence-corrected chi connectivity index (χ2v) is 4.57. The number of anilines is 2. The molecule has 2 rings (SSSR count). The van der Waals surface area contributed by atoms with Crippen molar-refractivity contribution in [3.63, 3.8) is 0 Å². The van der Waals surface area contributed by atoms with E-state index in [-0.39, 0.29) is 0 Å². The van der Waals surface area contributed by atoms with E-state index < -0.39 is 0 Å². The van der Waals surface area contributed by atoms with Crippen LogP contribution in [0.3, 0.4) is 0 Å². The first-order valence-electron chi connectivity index (χ1n) is 5.95. The smallest absolute Gasteiger partial charge is 0.128 e. The highest BCUT2D eigenvalue weighted by Crippen LogP contribution is 2.15. The molecule has 0 saturated heterocycles. The average molecular weight is 245 g/mol. The first-order valence-corrected chi connectivity index (χ1v) is 5.95. The summed E-state index contributed by atoms with van der Waals surface area (Å²) < 4.78 is 0. The van der Waals surface area contributed by atoms with Crippen molar-refractivity contribution in [2.75, 3.05) is 24.3 Å². The van der Waals surface area contributed by atoms with E-state index in [4.69, 9.17) is 0 Å². The van der Waals surface area contributed by atoms with Crippen molar-refractivity contribution in [2.45, 2.75) is 20.4 Å². The van der Waals surface area contributed by atoms with Crippen LogP contribution in [0.1, 0.15) is 17.0 Å². The van der Waals surface area contributed by atoms with Gasteiger partial charge in [-0.1, -0.05) is 0 Å². The molecule has 0 spiro atoms. The Hall–Kier alpha value is -2.04. The second kappa shape index (κ2) is 5.08. The molecule has 2 N–H and O–H groups in total. The Kier molecular flexibility index (Phi) is 3.50. The molecular weight excluding hydrogens is 226 g/mol. The van der Waals surface area contributed by atoms with Gasteiger partial charge in [-0.3, -0.25) is 5.10 Å². The summed E-state index contributed by atoms with van der Waals surface area (Å²) >= 11 is 0. The second-order valence-electron chi connectivity index (χ2n) is 4.57. The third kappa shape index (κ3) is 2.61. The van der Waals surface area contributed by atoms with Gasteiger partial charge in [-0.2, -0.15) is 5.10 Å². The molecule has 0 aliphatic heterocycles. The van der Waals surface area contributed by atoms with Crippen LogP contribution in [-0.4, -0.2) is 29.3 Å². The Morgan fingerprint density at radius 1 is 1.28 bits per heavy atom. The molecule has 96 valence electrons. The quantitative estimate of drug-likeness (QED) is 0.866. The number of pyridine rings is 1. The zero-order valence-electron chi connectivity index (χ0n) is 11.3. The normalized spacial score (nSPS) is 10.4. The first-order chi connectivity index (χ1) is 8.58. The van der Waals surface area contributed by atoms with Gasteiger partial charge in [0, 0.05) is 31.9 Å². The standard InChI is InChI=1S/C13H19N5/c1-9-12(10(2)17-16-9)8-14-11-5-6-13(15-7-11)18(3)4/h5-7,14H,8H2,1-4H3,(H,16,17). The molecule has 18 heavy (non-hydrogen) atoms. The molecule has 2 aromatic rings. The molecule has 5 heteroatoms. The van der Waals surface area contributed by atoms with Gasteiger partial charge in [0.2, 0.25) is 0 Å². The molecule has 2 aromatic heterocycles. The zero-order chi connectivity index (χ0) is 13.1. The van der Waals surface area contributed by atoms with Crippen molar-refractivity contribution in [2.24, 2.45) is 0 Å². The lowest BCUT2D eigenvalue weighted by molar-refractivity contribution is 1.02. The highest BCUT2D eigenvalue weighted by molar-refractivity contribution is 5.48.